The fraction of sp³-hybridized carbons (Fsp3) is 0.269. The van der Waals surface area contributed by atoms with Crippen molar-refractivity contribution in [3.05, 3.63) is 83.4 Å². The van der Waals surface area contributed by atoms with Crippen LogP contribution < -0.4 is 14.3 Å². The van der Waals surface area contributed by atoms with Gasteiger partial charge in [-0.2, -0.15) is 0 Å². The van der Waals surface area contributed by atoms with E-state index < -0.39 is 32.5 Å². The van der Waals surface area contributed by atoms with E-state index in [2.05, 4.69) is 10.0 Å². The van der Waals surface area contributed by atoms with Crippen molar-refractivity contribution in [2.45, 2.75) is 38.5 Å². The van der Waals surface area contributed by atoms with Crippen LogP contribution >= 0.6 is 0 Å². The molecule has 3 rings (SSSR count). The van der Waals surface area contributed by atoms with Gasteiger partial charge in [-0.3, -0.25) is 13.8 Å². The normalized spacial score (nSPS) is 11.8. The zero-order valence-corrected chi connectivity index (χ0v) is 22.6. The van der Waals surface area contributed by atoms with Crippen molar-refractivity contribution in [1.82, 2.24) is 0 Å². The lowest BCUT2D eigenvalue weighted by Crippen LogP contribution is -2.37. The van der Waals surface area contributed by atoms with Gasteiger partial charge in [0.25, 0.3) is 10.0 Å². The van der Waals surface area contributed by atoms with Crippen molar-refractivity contribution >= 4 is 43.0 Å². The van der Waals surface area contributed by atoms with Crippen LogP contribution in [0, 0.1) is 13.8 Å². The van der Waals surface area contributed by atoms with Crippen LogP contribution in [0.1, 0.15) is 36.5 Å². The second kappa shape index (κ2) is 10.7. The maximum absolute atomic E-state index is 12.8. The summed E-state index contributed by atoms with van der Waals surface area (Å²) >= 11 is 0. The van der Waals surface area contributed by atoms with Crippen molar-refractivity contribution in [1.29, 1.82) is 0 Å². The topological polar surface area (TPSA) is 113 Å². The predicted octanol–water partition coefficient (Wildman–Crippen LogP) is 4.63. The van der Waals surface area contributed by atoms with Gasteiger partial charge in [-0.15, -0.1) is 0 Å². The number of carbonyl (C=O) groups is 1. The molecule has 0 saturated heterocycles. The number of nitrogens with one attached hydrogen (secondary N) is 2. The summed E-state index contributed by atoms with van der Waals surface area (Å²) < 4.78 is 54.1. The van der Waals surface area contributed by atoms with Gasteiger partial charge in [0.05, 0.1) is 22.5 Å². The Labute approximate surface area is 213 Å². The highest BCUT2D eigenvalue weighted by Gasteiger charge is 2.22. The van der Waals surface area contributed by atoms with Crippen molar-refractivity contribution in [2.24, 2.45) is 0 Å². The summed E-state index contributed by atoms with van der Waals surface area (Å²) in [4.78, 5) is 12.7. The molecule has 192 valence electrons. The number of amides is 1. The molecule has 0 aliphatic rings. The van der Waals surface area contributed by atoms with E-state index in [0.717, 1.165) is 27.3 Å². The summed E-state index contributed by atoms with van der Waals surface area (Å²) in [6, 6.07) is 18.2. The van der Waals surface area contributed by atoms with E-state index in [1.165, 1.54) is 24.3 Å². The molecule has 0 heterocycles. The standard InChI is InChI=1S/C26H31N3O5S2/c1-18(2)21-9-13-23(14-10-21)29(35(5,31)32)17-25(30)27-22-11-15-24(16-12-22)36(33,34)28-26-19(3)7-6-8-20(26)4/h6-16,18,28H,17H2,1-5H3,(H,27,30). The van der Waals surface area contributed by atoms with Gasteiger partial charge in [-0.05, 0) is 72.9 Å². The number of hydrogen-bond donors (Lipinski definition) is 2. The lowest BCUT2D eigenvalue weighted by molar-refractivity contribution is -0.114. The van der Waals surface area contributed by atoms with Gasteiger partial charge in [-0.25, -0.2) is 16.8 Å². The smallest absolute Gasteiger partial charge is 0.261 e. The van der Waals surface area contributed by atoms with E-state index in [9.17, 15) is 21.6 Å². The molecule has 0 aliphatic heterocycles. The van der Waals surface area contributed by atoms with E-state index in [0.29, 0.717) is 17.1 Å². The maximum atomic E-state index is 12.8. The molecule has 3 aromatic rings. The Kier molecular flexibility index (Phi) is 8.10. The molecule has 0 unspecified atom stereocenters. The first-order chi connectivity index (χ1) is 16.8. The van der Waals surface area contributed by atoms with Crippen LogP contribution in [0.2, 0.25) is 0 Å². The van der Waals surface area contributed by atoms with Crippen LogP contribution in [0.15, 0.2) is 71.6 Å². The highest BCUT2D eigenvalue weighted by molar-refractivity contribution is 7.92. The van der Waals surface area contributed by atoms with Crippen LogP contribution in [0.4, 0.5) is 17.1 Å². The van der Waals surface area contributed by atoms with E-state index in [4.69, 9.17) is 0 Å². The van der Waals surface area contributed by atoms with Crippen molar-refractivity contribution < 1.29 is 21.6 Å². The van der Waals surface area contributed by atoms with E-state index in [1.807, 2.05) is 58.0 Å². The maximum Gasteiger partial charge on any atom is 0.261 e. The molecule has 0 aromatic heterocycles. The molecule has 0 bridgehead atoms. The van der Waals surface area contributed by atoms with E-state index >= 15 is 0 Å². The molecular weight excluding hydrogens is 498 g/mol. The van der Waals surface area contributed by atoms with Crippen molar-refractivity contribution in [2.75, 3.05) is 27.1 Å². The Balaban J connectivity index is 1.73. The van der Waals surface area contributed by atoms with Gasteiger partial charge in [0.15, 0.2) is 0 Å². The average Bonchev–Trinajstić information content (AvgIpc) is 2.80. The summed E-state index contributed by atoms with van der Waals surface area (Å²) in [5.74, 6) is -0.269. The van der Waals surface area contributed by atoms with Gasteiger partial charge in [0.2, 0.25) is 15.9 Å². The third-order valence-electron chi connectivity index (χ3n) is 5.70. The number of sulfonamides is 2. The first-order valence-corrected chi connectivity index (χ1v) is 14.7. The van der Waals surface area contributed by atoms with Crippen LogP contribution in [0.25, 0.3) is 0 Å². The molecule has 2 N–H and O–H groups in total. The minimum absolute atomic E-state index is 0.0335. The Bertz CT molecular complexity index is 1430. The van der Waals surface area contributed by atoms with Crippen LogP contribution in [-0.4, -0.2) is 35.5 Å². The van der Waals surface area contributed by atoms with Gasteiger partial charge in [-0.1, -0.05) is 44.2 Å². The van der Waals surface area contributed by atoms with Crippen LogP contribution in [0.3, 0.4) is 0 Å². The molecular formula is C26H31N3O5S2. The molecule has 1 amide bonds. The summed E-state index contributed by atoms with van der Waals surface area (Å²) in [5.41, 5.74) is 3.91. The highest BCUT2D eigenvalue weighted by atomic mass is 32.2. The SMILES string of the molecule is Cc1cccc(C)c1NS(=O)(=O)c1ccc(NC(=O)CN(c2ccc(C(C)C)cc2)S(C)(=O)=O)cc1. The fourth-order valence-electron chi connectivity index (χ4n) is 3.64. The molecule has 36 heavy (non-hydrogen) atoms. The number of nitrogens with zero attached hydrogens (tertiary/aromatic N) is 1. The Hall–Kier alpha value is -3.37. The van der Waals surface area contributed by atoms with E-state index in [1.54, 1.807) is 12.1 Å². The molecule has 0 radical (unpaired) electrons. The molecule has 0 atom stereocenters. The molecule has 10 heteroatoms. The third kappa shape index (κ3) is 6.64. The number of hydrogen-bond acceptors (Lipinski definition) is 5. The van der Waals surface area contributed by atoms with Crippen molar-refractivity contribution in [3.63, 3.8) is 0 Å². The molecule has 0 aliphatic carbocycles. The van der Waals surface area contributed by atoms with Crippen molar-refractivity contribution in [3.8, 4) is 0 Å². The number of anilines is 3. The third-order valence-corrected chi connectivity index (χ3v) is 8.21. The lowest BCUT2D eigenvalue weighted by Gasteiger charge is -2.22. The van der Waals surface area contributed by atoms with Gasteiger partial charge < -0.3 is 5.32 Å². The molecule has 8 nitrogen and oxygen atoms in total. The number of benzene rings is 3. The van der Waals surface area contributed by atoms with Gasteiger partial charge in [0, 0.05) is 5.69 Å². The van der Waals surface area contributed by atoms with Crippen LogP contribution in [0.5, 0.6) is 0 Å². The monoisotopic (exact) mass is 529 g/mol. The Morgan fingerprint density at radius 1 is 0.861 bits per heavy atom. The predicted molar refractivity (Wildman–Crippen MR) is 145 cm³/mol. The summed E-state index contributed by atoms with van der Waals surface area (Å²) in [6.07, 6.45) is 1.04. The second-order valence-electron chi connectivity index (χ2n) is 8.96. The number of rotatable bonds is 9. The van der Waals surface area contributed by atoms with Gasteiger partial charge >= 0.3 is 0 Å². The number of para-hydroxylation sites is 1. The number of carbonyl (C=O) groups excluding carboxylic acids is 1. The lowest BCUT2D eigenvalue weighted by atomic mass is 10.0. The average molecular weight is 530 g/mol. The molecule has 0 fully saturated rings. The number of aryl methyl sites for hydroxylation is 2. The Morgan fingerprint density at radius 2 is 1.42 bits per heavy atom. The Morgan fingerprint density at radius 3 is 1.92 bits per heavy atom. The largest absolute Gasteiger partial charge is 0.325 e. The fourth-order valence-corrected chi connectivity index (χ4v) is 5.70. The summed E-state index contributed by atoms with van der Waals surface area (Å²) in [5, 5.41) is 2.63. The minimum Gasteiger partial charge on any atom is -0.325 e. The van der Waals surface area contributed by atoms with Gasteiger partial charge in [0.1, 0.15) is 6.54 Å². The summed E-state index contributed by atoms with van der Waals surface area (Å²) in [7, 11) is -7.55. The first kappa shape index (κ1) is 27.2. The minimum atomic E-state index is -3.84. The summed E-state index contributed by atoms with van der Waals surface area (Å²) in [6.45, 7) is 7.29. The highest BCUT2D eigenvalue weighted by Crippen LogP contribution is 2.25. The molecule has 3 aromatic carbocycles. The molecule has 0 spiro atoms. The first-order valence-electron chi connectivity index (χ1n) is 11.3. The zero-order chi connectivity index (χ0) is 26.7. The van der Waals surface area contributed by atoms with E-state index in [-0.39, 0.29) is 10.8 Å². The second-order valence-corrected chi connectivity index (χ2v) is 12.5. The molecule has 0 saturated carbocycles. The quantitative estimate of drug-likeness (QED) is 0.420. The van der Waals surface area contributed by atoms with Crippen LogP contribution in [-0.2, 0) is 24.8 Å². The zero-order valence-electron chi connectivity index (χ0n) is 20.9.